The molecule has 0 saturated heterocycles. The molecule has 0 N–H and O–H groups in total. The van der Waals surface area contributed by atoms with Gasteiger partial charge in [-0.15, -0.1) is 0 Å². The van der Waals surface area contributed by atoms with Gasteiger partial charge >= 0.3 is 0 Å². The van der Waals surface area contributed by atoms with E-state index in [0.717, 1.165) is 0 Å². The fraction of sp³-hybridized carbons (Fsp3) is 0.400. The zero-order valence-corrected chi connectivity index (χ0v) is 17.3. The molecule has 2 aromatic carbocycles. The highest BCUT2D eigenvalue weighted by Gasteiger charge is 2.49. The fourth-order valence-corrected chi connectivity index (χ4v) is 13.3. The van der Waals surface area contributed by atoms with Crippen molar-refractivity contribution in [1.82, 2.24) is 0 Å². The number of fused-ring (bicyclic) bond motifs is 3. The molecule has 0 atom stereocenters. The molecule has 0 unspecified atom stereocenters. The van der Waals surface area contributed by atoms with Crippen LogP contribution < -0.4 is 10.4 Å². The van der Waals surface area contributed by atoms with Gasteiger partial charge in [0, 0.05) is 0 Å². The van der Waals surface area contributed by atoms with Crippen molar-refractivity contribution in [3.05, 3.63) is 46.5 Å². The van der Waals surface area contributed by atoms with E-state index in [2.05, 4.69) is 78.1 Å². The van der Waals surface area contributed by atoms with E-state index in [9.17, 15) is 0 Å². The normalized spacial score (nSPS) is 17.8. The Morgan fingerprint density at radius 2 is 0.773 bits per heavy atom. The van der Waals surface area contributed by atoms with Gasteiger partial charge in [0.1, 0.15) is 0 Å². The van der Waals surface area contributed by atoms with Crippen LogP contribution in [0.4, 0.5) is 0 Å². The molecular formula is C20H28Si2. The molecule has 3 rings (SSSR count). The predicted molar refractivity (Wildman–Crippen MR) is 105 cm³/mol. The first-order valence-corrected chi connectivity index (χ1v) is 15.3. The highest BCUT2D eigenvalue weighted by atomic mass is 29.3. The van der Waals surface area contributed by atoms with Gasteiger partial charge in [-0.1, -0.05) is 60.8 Å². The van der Waals surface area contributed by atoms with Crippen molar-refractivity contribution < 1.29 is 0 Å². The van der Waals surface area contributed by atoms with Crippen LogP contribution in [-0.4, -0.2) is 15.2 Å². The Bertz CT molecular complexity index is 715. The van der Waals surface area contributed by atoms with Crippen molar-refractivity contribution in [3.63, 3.8) is 0 Å². The molecule has 22 heavy (non-hydrogen) atoms. The van der Waals surface area contributed by atoms with Crippen molar-refractivity contribution >= 4 is 25.6 Å². The van der Waals surface area contributed by atoms with Gasteiger partial charge in [0.25, 0.3) is 0 Å². The summed E-state index contributed by atoms with van der Waals surface area (Å²) in [6.07, 6.45) is 0. The van der Waals surface area contributed by atoms with E-state index in [0.29, 0.717) is 0 Å². The lowest BCUT2D eigenvalue weighted by molar-refractivity contribution is 1.33. The second-order valence-corrected chi connectivity index (χ2v) is 23.3. The SMILES string of the molecule is Cc1cc2c(cc1C)[Si](C)(C)[Si](C)(C)c1cc(C)c(C)cc1-2. The summed E-state index contributed by atoms with van der Waals surface area (Å²) in [6.45, 7) is 19.4. The van der Waals surface area contributed by atoms with Gasteiger partial charge in [0.05, 0.1) is 15.2 Å². The minimum atomic E-state index is -1.45. The zero-order valence-electron chi connectivity index (χ0n) is 15.3. The van der Waals surface area contributed by atoms with Crippen molar-refractivity contribution in [3.8, 4) is 11.1 Å². The van der Waals surface area contributed by atoms with Crippen molar-refractivity contribution in [2.45, 2.75) is 53.9 Å². The largest absolute Gasteiger partial charge is 0.0800 e. The fourth-order valence-electron chi connectivity index (χ4n) is 3.79. The lowest BCUT2D eigenvalue weighted by Crippen LogP contribution is -2.72. The Morgan fingerprint density at radius 3 is 1.09 bits per heavy atom. The Kier molecular flexibility index (Phi) is 3.36. The molecule has 0 saturated carbocycles. The van der Waals surface area contributed by atoms with Crippen LogP contribution in [0.25, 0.3) is 11.1 Å². The van der Waals surface area contributed by atoms with Crippen LogP contribution in [0.15, 0.2) is 24.3 Å². The Morgan fingerprint density at radius 1 is 0.500 bits per heavy atom. The quantitative estimate of drug-likeness (QED) is 0.626. The first-order valence-electron chi connectivity index (χ1n) is 8.31. The maximum atomic E-state index is 2.60. The summed E-state index contributed by atoms with van der Waals surface area (Å²) in [7, 11) is -2.89. The van der Waals surface area contributed by atoms with Crippen molar-refractivity contribution in [2.24, 2.45) is 0 Å². The summed E-state index contributed by atoms with van der Waals surface area (Å²) in [4.78, 5) is 0. The van der Waals surface area contributed by atoms with Crippen LogP contribution in [0, 0.1) is 27.7 Å². The minimum absolute atomic E-state index is 1.43. The van der Waals surface area contributed by atoms with Crippen molar-refractivity contribution in [1.29, 1.82) is 0 Å². The summed E-state index contributed by atoms with van der Waals surface area (Å²) >= 11 is 0. The lowest BCUT2D eigenvalue weighted by Gasteiger charge is -2.46. The summed E-state index contributed by atoms with van der Waals surface area (Å²) < 4.78 is 0. The zero-order chi connectivity index (χ0) is 16.4. The van der Waals surface area contributed by atoms with Gasteiger partial charge in [-0.25, -0.2) is 0 Å². The van der Waals surface area contributed by atoms with Crippen LogP contribution in [0.5, 0.6) is 0 Å². The minimum Gasteiger partial charge on any atom is -0.0671 e. The highest BCUT2D eigenvalue weighted by Crippen LogP contribution is 2.34. The van der Waals surface area contributed by atoms with Gasteiger partial charge in [0.2, 0.25) is 0 Å². The van der Waals surface area contributed by atoms with Crippen LogP contribution >= 0.6 is 0 Å². The molecule has 116 valence electrons. The van der Waals surface area contributed by atoms with E-state index in [-0.39, 0.29) is 0 Å². The van der Waals surface area contributed by atoms with E-state index < -0.39 is 15.2 Å². The average Bonchev–Trinajstić information content (AvgIpc) is 2.42. The molecule has 0 fully saturated rings. The lowest BCUT2D eigenvalue weighted by atomic mass is 9.97. The summed E-state index contributed by atoms with van der Waals surface area (Å²) in [5.74, 6) is 0. The standard InChI is InChI=1S/C20H28Si2/c1-13-9-17-18-10-14(2)16(4)12-20(18)22(7,8)21(5,6)19(17)11-15(13)3/h9-12H,1-8H3. The number of rotatable bonds is 0. The first-order chi connectivity index (χ1) is 10.1. The number of hydrogen-bond donors (Lipinski definition) is 0. The molecular weight excluding hydrogens is 296 g/mol. The van der Waals surface area contributed by atoms with Crippen LogP contribution in [0.3, 0.4) is 0 Å². The van der Waals surface area contributed by atoms with Gasteiger partial charge in [-0.2, -0.15) is 0 Å². The smallest absolute Gasteiger partial charge is 0.0671 e. The van der Waals surface area contributed by atoms with E-state index in [4.69, 9.17) is 0 Å². The van der Waals surface area contributed by atoms with E-state index in [1.54, 1.807) is 10.4 Å². The molecule has 2 heteroatoms. The van der Waals surface area contributed by atoms with E-state index >= 15 is 0 Å². The predicted octanol–water partition coefficient (Wildman–Crippen LogP) is 4.51. The molecule has 0 aromatic heterocycles. The number of aryl methyl sites for hydroxylation is 4. The van der Waals surface area contributed by atoms with E-state index in [1.165, 1.54) is 33.4 Å². The highest BCUT2D eigenvalue weighted by molar-refractivity contribution is 7.50. The monoisotopic (exact) mass is 324 g/mol. The maximum absolute atomic E-state index is 2.60. The summed E-state index contributed by atoms with van der Waals surface area (Å²) in [6, 6.07) is 9.95. The molecule has 1 heterocycles. The summed E-state index contributed by atoms with van der Waals surface area (Å²) in [5.41, 5.74) is 8.82. The Balaban J connectivity index is 2.47. The molecule has 0 amide bonds. The maximum Gasteiger partial charge on any atom is 0.0800 e. The van der Waals surface area contributed by atoms with Crippen molar-refractivity contribution in [2.75, 3.05) is 0 Å². The second kappa shape index (κ2) is 4.68. The van der Waals surface area contributed by atoms with Gasteiger partial charge in [-0.05, 0) is 61.1 Å². The Hall–Kier alpha value is -1.13. The first kappa shape index (κ1) is 15.8. The number of hydrogen-bond acceptors (Lipinski definition) is 0. The molecule has 0 bridgehead atoms. The molecule has 2 aromatic rings. The van der Waals surface area contributed by atoms with Gasteiger partial charge in [0.15, 0.2) is 0 Å². The number of benzene rings is 2. The topological polar surface area (TPSA) is 0 Å². The third-order valence-corrected chi connectivity index (χ3v) is 24.1. The molecule has 0 nitrogen and oxygen atoms in total. The summed E-state index contributed by atoms with van der Waals surface area (Å²) in [5, 5.41) is 3.39. The third-order valence-electron chi connectivity index (χ3n) is 6.47. The molecule has 0 radical (unpaired) electrons. The molecule has 0 aliphatic carbocycles. The molecule has 1 aliphatic rings. The van der Waals surface area contributed by atoms with Crippen LogP contribution in [0.2, 0.25) is 26.2 Å². The molecule has 1 aliphatic heterocycles. The molecule has 0 spiro atoms. The average molecular weight is 325 g/mol. The third kappa shape index (κ3) is 1.93. The van der Waals surface area contributed by atoms with Gasteiger partial charge < -0.3 is 0 Å². The Labute approximate surface area is 137 Å². The van der Waals surface area contributed by atoms with Gasteiger partial charge in [-0.3, -0.25) is 0 Å². The van der Waals surface area contributed by atoms with Crippen LogP contribution in [-0.2, 0) is 0 Å². The van der Waals surface area contributed by atoms with Crippen LogP contribution in [0.1, 0.15) is 22.3 Å². The second-order valence-electron chi connectivity index (χ2n) is 8.21. The van der Waals surface area contributed by atoms with E-state index in [1.807, 2.05) is 0 Å².